The quantitative estimate of drug-likeness (QED) is 0.834. The van der Waals surface area contributed by atoms with Crippen molar-refractivity contribution in [1.82, 2.24) is 20.3 Å². The van der Waals surface area contributed by atoms with Gasteiger partial charge in [0.1, 0.15) is 0 Å². The first kappa shape index (κ1) is 15.7. The van der Waals surface area contributed by atoms with Crippen molar-refractivity contribution in [2.45, 2.75) is 25.2 Å². The Hall–Kier alpha value is -2.22. The number of carbonyl (C=O) groups excluding carboxylic acids is 1. The summed E-state index contributed by atoms with van der Waals surface area (Å²) < 4.78 is 0. The van der Waals surface area contributed by atoms with Gasteiger partial charge in [0.15, 0.2) is 0 Å². The molecule has 3 rings (SSSR count). The number of nitrogens with one attached hydrogen (secondary N) is 1. The van der Waals surface area contributed by atoms with Crippen LogP contribution in [0.15, 0.2) is 23.0 Å². The number of carboxylic acid groups (broad SMARTS) is 1. The highest BCUT2D eigenvalue weighted by molar-refractivity contribution is 7.07. The molecular weight excluding hydrogens is 316 g/mol. The number of amides is 1. The highest BCUT2D eigenvalue weighted by Crippen LogP contribution is 2.33. The normalized spacial score (nSPS) is 20.8. The molecule has 1 fully saturated rings. The molecule has 2 atom stereocenters. The summed E-state index contributed by atoms with van der Waals surface area (Å²) in [5.41, 5.74) is 1.89. The van der Waals surface area contributed by atoms with Crippen LogP contribution in [0, 0.1) is 5.92 Å². The van der Waals surface area contributed by atoms with Crippen molar-refractivity contribution in [2.24, 2.45) is 5.92 Å². The molecule has 122 valence electrons. The van der Waals surface area contributed by atoms with E-state index in [9.17, 15) is 9.59 Å². The average molecular weight is 334 g/mol. The van der Waals surface area contributed by atoms with E-state index in [1.54, 1.807) is 22.4 Å². The summed E-state index contributed by atoms with van der Waals surface area (Å²) >= 11 is 1.62. The molecular formula is C15H18N4O3S. The summed E-state index contributed by atoms with van der Waals surface area (Å²) in [4.78, 5) is 25.3. The van der Waals surface area contributed by atoms with E-state index < -0.39 is 5.97 Å². The standard InChI is InChI=1S/C15H18N4O3S/c20-14(2-1-10-3-4-23-9-10)19-7-11(5-15(21)22)12(8-19)13-6-16-18-17-13/h3-4,6,9,11-12H,1-2,5,7-8H2,(H,21,22)(H,16,17,18)/t11-,12+/m0/s1. The molecule has 23 heavy (non-hydrogen) atoms. The zero-order valence-electron chi connectivity index (χ0n) is 12.5. The van der Waals surface area contributed by atoms with Crippen LogP contribution in [-0.4, -0.2) is 50.4 Å². The molecule has 0 spiro atoms. The lowest BCUT2D eigenvalue weighted by Gasteiger charge is -2.15. The SMILES string of the molecule is O=C(O)C[C@H]1CN(C(=O)CCc2ccsc2)C[C@H]1c1cn[nH]n1. The van der Waals surface area contributed by atoms with E-state index in [0.717, 1.165) is 17.7 Å². The monoisotopic (exact) mass is 334 g/mol. The number of aromatic nitrogens is 3. The molecule has 2 N–H and O–H groups in total. The molecule has 0 bridgehead atoms. The lowest BCUT2D eigenvalue weighted by Crippen LogP contribution is -2.29. The number of thiophene rings is 1. The Morgan fingerprint density at radius 3 is 2.96 bits per heavy atom. The number of rotatable bonds is 6. The summed E-state index contributed by atoms with van der Waals surface area (Å²) in [6.45, 7) is 0.971. The van der Waals surface area contributed by atoms with Gasteiger partial charge in [0, 0.05) is 25.4 Å². The molecule has 8 heteroatoms. The smallest absolute Gasteiger partial charge is 0.303 e. The van der Waals surface area contributed by atoms with Gasteiger partial charge in [-0.05, 0) is 34.7 Å². The molecule has 0 aliphatic carbocycles. The average Bonchev–Trinajstić information content (AvgIpc) is 3.25. The van der Waals surface area contributed by atoms with Gasteiger partial charge in [0.25, 0.3) is 0 Å². The minimum atomic E-state index is -0.851. The van der Waals surface area contributed by atoms with Crippen molar-refractivity contribution in [3.63, 3.8) is 0 Å². The number of aryl methyl sites for hydroxylation is 1. The largest absolute Gasteiger partial charge is 0.481 e. The molecule has 3 heterocycles. The predicted molar refractivity (Wildman–Crippen MR) is 84.1 cm³/mol. The third-order valence-corrected chi connectivity index (χ3v) is 4.98. The van der Waals surface area contributed by atoms with Gasteiger partial charge < -0.3 is 10.0 Å². The summed E-state index contributed by atoms with van der Waals surface area (Å²) in [7, 11) is 0. The zero-order valence-corrected chi connectivity index (χ0v) is 13.3. The Kier molecular flexibility index (Phi) is 4.71. The van der Waals surface area contributed by atoms with Gasteiger partial charge in [-0.2, -0.15) is 26.7 Å². The highest BCUT2D eigenvalue weighted by Gasteiger charge is 2.38. The van der Waals surface area contributed by atoms with Gasteiger partial charge in [-0.25, -0.2) is 0 Å². The van der Waals surface area contributed by atoms with E-state index >= 15 is 0 Å². The molecule has 0 unspecified atom stereocenters. The van der Waals surface area contributed by atoms with Gasteiger partial charge >= 0.3 is 5.97 Å². The number of H-pyrrole nitrogens is 1. The molecule has 7 nitrogen and oxygen atoms in total. The summed E-state index contributed by atoms with van der Waals surface area (Å²) in [5.74, 6) is -0.980. The summed E-state index contributed by atoms with van der Waals surface area (Å²) in [6.07, 6.45) is 2.81. The Morgan fingerprint density at radius 2 is 2.30 bits per heavy atom. The van der Waals surface area contributed by atoms with Gasteiger partial charge in [0.2, 0.25) is 5.91 Å². The molecule has 1 amide bonds. The number of hydrogen-bond donors (Lipinski definition) is 2. The topological polar surface area (TPSA) is 99.2 Å². The first-order chi connectivity index (χ1) is 11.1. The maximum atomic E-state index is 12.4. The molecule has 0 saturated carbocycles. The second-order valence-electron chi connectivity index (χ2n) is 5.79. The molecule has 0 aromatic carbocycles. The Labute approximate surface area is 137 Å². The number of carboxylic acids is 1. The lowest BCUT2D eigenvalue weighted by atomic mass is 9.91. The van der Waals surface area contributed by atoms with Crippen LogP contribution in [0.4, 0.5) is 0 Å². The van der Waals surface area contributed by atoms with Crippen molar-refractivity contribution in [1.29, 1.82) is 0 Å². The molecule has 2 aromatic rings. The van der Waals surface area contributed by atoms with E-state index in [2.05, 4.69) is 15.4 Å². The molecule has 0 radical (unpaired) electrons. The van der Waals surface area contributed by atoms with E-state index in [-0.39, 0.29) is 24.2 Å². The number of aromatic amines is 1. The second kappa shape index (κ2) is 6.91. The number of aliphatic carboxylic acids is 1. The van der Waals surface area contributed by atoms with Crippen LogP contribution in [0.2, 0.25) is 0 Å². The van der Waals surface area contributed by atoms with Crippen molar-refractivity contribution >= 4 is 23.2 Å². The first-order valence-corrected chi connectivity index (χ1v) is 8.44. The summed E-state index contributed by atoms with van der Waals surface area (Å²) in [6, 6.07) is 2.02. The number of carbonyl (C=O) groups is 2. The minimum Gasteiger partial charge on any atom is -0.481 e. The molecule has 1 saturated heterocycles. The highest BCUT2D eigenvalue weighted by atomic mass is 32.1. The van der Waals surface area contributed by atoms with E-state index in [1.165, 1.54) is 0 Å². The van der Waals surface area contributed by atoms with Crippen molar-refractivity contribution < 1.29 is 14.7 Å². The van der Waals surface area contributed by atoms with E-state index in [4.69, 9.17) is 5.11 Å². The fourth-order valence-corrected chi connectivity index (χ4v) is 3.78. The van der Waals surface area contributed by atoms with Gasteiger partial charge in [-0.1, -0.05) is 0 Å². The van der Waals surface area contributed by atoms with Crippen LogP contribution in [-0.2, 0) is 16.0 Å². The van der Waals surface area contributed by atoms with Gasteiger partial charge in [-0.15, -0.1) is 0 Å². The van der Waals surface area contributed by atoms with Crippen molar-refractivity contribution in [3.8, 4) is 0 Å². The fourth-order valence-electron chi connectivity index (χ4n) is 3.07. The third-order valence-electron chi connectivity index (χ3n) is 4.25. The van der Waals surface area contributed by atoms with Crippen molar-refractivity contribution in [2.75, 3.05) is 13.1 Å². The van der Waals surface area contributed by atoms with Crippen molar-refractivity contribution in [3.05, 3.63) is 34.3 Å². The first-order valence-electron chi connectivity index (χ1n) is 7.50. The number of hydrogen-bond acceptors (Lipinski definition) is 5. The van der Waals surface area contributed by atoms with Crippen LogP contribution >= 0.6 is 11.3 Å². The van der Waals surface area contributed by atoms with Crippen LogP contribution in [0.3, 0.4) is 0 Å². The summed E-state index contributed by atoms with van der Waals surface area (Å²) in [5, 5.41) is 23.6. The molecule has 1 aliphatic rings. The second-order valence-corrected chi connectivity index (χ2v) is 6.57. The third kappa shape index (κ3) is 3.76. The Bertz CT molecular complexity index is 656. The van der Waals surface area contributed by atoms with E-state index in [1.807, 2.05) is 16.8 Å². The molecule has 1 aliphatic heterocycles. The van der Waals surface area contributed by atoms with Crippen LogP contribution in [0.25, 0.3) is 0 Å². The predicted octanol–water partition coefficient (Wildman–Crippen LogP) is 1.52. The van der Waals surface area contributed by atoms with Crippen LogP contribution in [0.1, 0.15) is 30.0 Å². The maximum Gasteiger partial charge on any atom is 0.303 e. The minimum absolute atomic E-state index is 0.0336. The van der Waals surface area contributed by atoms with Crippen LogP contribution in [0.5, 0.6) is 0 Å². The van der Waals surface area contributed by atoms with Gasteiger partial charge in [-0.3, -0.25) is 9.59 Å². The maximum absolute atomic E-state index is 12.4. The Balaban J connectivity index is 1.64. The Morgan fingerprint density at radius 1 is 1.43 bits per heavy atom. The number of likely N-dealkylation sites (tertiary alicyclic amines) is 1. The molecule has 2 aromatic heterocycles. The van der Waals surface area contributed by atoms with Gasteiger partial charge in [0.05, 0.1) is 18.3 Å². The van der Waals surface area contributed by atoms with Crippen LogP contribution < -0.4 is 0 Å². The fraction of sp³-hybridized carbons (Fsp3) is 0.467. The lowest BCUT2D eigenvalue weighted by molar-refractivity contribution is -0.138. The zero-order chi connectivity index (χ0) is 16.2. The van der Waals surface area contributed by atoms with E-state index in [0.29, 0.717) is 19.5 Å². The number of nitrogens with zero attached hydrogens (tertiary/aromatic N) is 3.